The van der Waals surface area contributed by atoms with E-state index in [4.69, 9.17) is 4.74 Å². The molecule has 1 amide bonds. The minimum atomic E-state index is -4.68. The number of hydrogen-bond donors (Lipinski definition) is 1. The third-order valence-corrected chi connectivity index (χ3v) is 5.16. The van der Waals surface area contributed by atoms with Crippen molar-refractivity contribution in [3.63, 3.8) is 0 Å². The Morgan fingerprint density at radius 1 is 1.13 bits per heavy atom. The van der Waals surface area contributed by atoms with E-state index in [0.717, 1.165) is 29.7 Å². The van der Waals surface area contributed by atoms with Crippen LogP contribution in [0.3, 0.4) is 0 Å². The number of methoxy groups -OCH3 is 1. The zero-order valence-corrected chi connectivity index (χ0v) is 16.0. The van der Waals surface area contributed by atoms with Crippen molar-refractivity contribution in [2.75, 3.05) is 7.11 Å². The van der Waals surface area contributed by atoms with Crippen LogP contribution in [-0.2, 0) is 22.9 Å². The summed E-state index contributed by atoms with van der Waals surface area (Å²) in [6, 6.07) is 14.1. The second kappa shape index (κ2) is 7.47. The average Bonchev–Trinajstić information content (AvgIpc) is 3.40. The highest BCUT2D eigenvalue weighted by Crippen LogP contribution is 2.48. The van der Waals surface area contributed by atoms with E-state index >= 15 is 0 Å². The third kappa shape index (κ3) is 3.87. The lowest BCUT2D eigenvalue weighted by Gasteiger charge is -2.16. The van der Waals surface area contributed by atoms with Crippen LogP contribution in [0.2, 0.25) is 0 Å². The average molecular weight is 417 g/mol. The van der Waals surface area contributed by atoms with Gasteiger partial charge in [0.15, 0.2) is 0 Å². The number of alkyl halides is 3. The van der Waals surface area contributed by atoms with E-state index in [-0.39, 0.29) is 11.7 Å². The van der Waals surface area contributed by atoms with Gasteiger partial charge in [-0.15, -0.1) is 0 Å². The molecule has 1 aliphatic carbocycles. The van der Waals surface area contributed by atoms with Crippen molar-refractivity contribution in [1.29, 1.82) is 0 Å². The van der Waals surface area contributed by atoms with Crippen LogP contribution in [0.1, 0.15) is 29.9 Å². The fourth-order valence-corrected chi connectivity index (χ4v) is 3.26. The quantitative estimate of drug-likeness (QED) is 0.653. The lowest BCUT2D eigenvalue weighted by Crippen LogP contribution is -2.34. The number of aromatic nitrogens is 2. The molecule has 0 spiro atoms. The molecule has 0 aliphatic heterocycles. The van der Waals surface area contributed by atoms with Crippen molar-refractivity contribution in [3.8, 4) is 17.1 Å². The number of nitrogens with one attached hydrogen (secondary N) is 1. The summed E-state index contributed by atoms with van der Waals surface area (Å²) in [5, 5.41) is 6.30. The van der Waals surface area contributed by atoms with Crippen molar-refractivity contribution < 1.29 is 27.2 Å². The van der Waals surface area contributed by atoms with Crippen LogP contribution in [0.4, 0.5) is 13.2 Å². The second-order valence-corrected chi connectivity index (χ2v) is 7.11. The van der Waals surface area contributed by atoms with Gasteiger partial charge < -0.3 is 14.6 Å². The molecular formula is C21H18F3N3O3. The first kappa shape index (κ1) is 19.9. The van der Waals surface area contributed by atoms with Gasteiger partial charge in [0, 0.05) is 12.1 Å². The summed E-state index contributed by atoms with van der Waals surface area (Å²) in [5.74, 6) is -0.847. The van der Waals surface area contributed by atoms with Crippen LogP contribution in [-0.4, -0.2) is 23.2 Å². The smallest absolute Gasteiger partial charge is 0.471 e. The molecular weight excluding hydrogens is 399 g/mol. The molecule has 3 aromatic rings. The molecule has 4 rings (SSSR count). The Morgan fingerprint density at radius 2 is 1.80 bits per heavy atom. The van der Waals surface area contributed by atoms with E-state index in [9.17, 15) is 18.0 Å². The molecule has 0 saturated heterocycles. The molecule has 0 atom stereocenters. The predicted molar refractivity (Wildman–Crippen MR) is 100 cm³/mol. The molecule has 2 aromatic carbocycles. The number of carbonyl (C=O) groups excluding carboxylic acids is 1. The van der Waals surface area contributed by atoms with Gasteiger partial charge in [0.05, 0.1) is 12.5 Å². The topological polar surface area (TPSA) is 77.2 Å². The first-order valence-corrected chi connectivity index (χ1v) is 9.25. The van der Waals surface area contributed by atoms with Gasteiger partial charge in [-0.1, -0.05) is 41.6 Å². The first-order chi connectivity index (χ1) is 14.3. The Balaban J connectivity index is 1.39. The number of benzene rings is 2. The maximum Gasteiger partial charge on any atom is 0.471 e. The van der Waals surface area contributed by atoms with E-state index in [1.165, 1.54) is 0 Å². The van der Waals surface area contributed by atoms with E-state index < -0.39 is 17.5 Å². The maximum absolute atomic E-state index is 12.8. The molecule has 1 aromatic heterocycles. The van der Waals surface area contributed by atoms with Crippen molar-refractivity contribution in [2.24, 2.45) is 0 Å². The molecule has 156 valence electrons. The molecule has 9 heteroatoms. The molecule has 30 heavy (non-hydrogen) atoms. The van der Waals surface area contributed by atoms with Crippen molar-refractivity contribution >= 4 is 5.91 Å². The Bertz CT molecular complexity index is 1040. The highest BCUT2D eigenvalue weighted by Gasteiger charge is 2.51. The van der Waals surface area contributed by atoms with Crippen LogP contribution in [0.25, 0.3) is 11.4 Å². The maximum atomic E-state index is 12.8. The van der Waals surface area contributed by atoms with Crippen LogP contribution in [0.15, 0.2) is 53.1 Å². The molecule has 0 unspecified atom stereocenters. The number of nitrogens with zero attached hydrogens (tertiary/aromatic N) is 2. The number of rotatable bonds is 6. The fourth-order valence-electron chi connectivity index (χ4n) is 3.26. The molecule has 1 aliphatic rings. The van der Waals surface area contributed by atoms with Crippen molar-refractivity contribution in [2.45, 2.75) is 31.0 Å². The molecule has 1 heterocycles. The van der Waals surface area contributed by atoms with Crippen LogP contribution < -0.4 is 10.1 Å². The van der Waals surface area contributed by atoms with E-state index in [0.29, 0.717) is 12.1 Å². The van der Waals surface area contributed by atoms with Gasteiger partial charge in [0.1, 0.15) is 5.75 Å². The van der Waals surface area contributed by atoms with Crippen molar-refractivity contribution in [3.05, 3.63) is 65.5 Å². The van der Waals surface area contributed by atoms with E-state index in [1.807, 2.05) is 24.3 Å². The zero-order valence-electron chi connectivity index (χ0n) is 16.0. The normalized spacial score (nSPS) is 14.9. The number of hydrogen-bond acceptors (Lipinski definition) is 5. The van der Waals surface area contributed by atoms with Gasteiger partial charge in [-0.05, 0) is 36.1 Å². The molecule has 1 fully saturated rings. The molecule has 0 bridgehead atoms. The number of amides is 1. The second-order valence-electron chi connectivity index (χ2n) is 7.11. The fraction of sp³-hybridized carbons (Fsp3) is 0.286. The highest BCUT2D eigenvalue weighted by molar-refractivity contribution is 5.91. The standard InChI is InChI=1S/C21H18F3N3O3/c1-29-16-8-6-15(7-9-16)20(10-11-20)18(28)25-12-13-2-4-14(5-3-13)17-26-19(30-27-17)21(22,23)24/h2-9H,10-12H2,1H3,(H,25,28). The minimum Gasteiger partial charge on any atom is -0.497 e. The van der Waals surface area contributed by atoms with Crippen LogP contribution in [0, 0.1) is 0 Å². The lowest BCUT2D eigenvalue weighted by molar-refractivity contribution is -0.159. The number of ether oxygens (including phenoxy) is 1. The summed E-state index contributed by atoms with van der Waals surface area (Å²) in [4.78, 5) is 16.1. The molecule has 1 N–H and O–H groups in total. The highest BCUT2D eigenvalue weighted by atomic mass is 19.4. The number of carbonyl (C=O) groups is 1. The summed E-state index contributed by atoms with van der Waals surface area (Å²) < 4.78 is 47.1. The largest absolute Gasteiger partial charge is 0.497 e. The Hall–Kier alpha value is -3.36. The summed E-state index contributed by atoms with van der Waals surface area (Å²) in [6.07, 6.45) is -3.12. The van der Waals surface area contributed by atoms with Gasteiger partial charge >= 0.3 is 12.1 Å². The monoisotopic (exact) mass is 417 g/mol. The van der Waals surface area contributed by atoms with Crippen LogP contribution >= 0.6 is 0 Å². The van der Waals surface area contributed by atoms with Gasteiger partial charge in [-0.3, -0.25) is 4.79 Å². The van der Waals surface area contributed by atoms with E-state index in [2.05, 4.69) is 20.0 Å². The van der Waals surface area contributed by atoms with Crippen molar-refractivity contribution in [1.82, 2.24) is 15.5 Å². The SMILES string of the molecule is COc1ccc(C2(C(=O)NCc3ccc(-c4noc(C(F)(F)F)n4)cc3)CC2)cc1. The van der Waals surface area contributed by atoms with Gasteiger partial charge in [0.25, 0.3) is 0 Å². The first-order valence-electron chi connectivity index (χ1n) is 9.25. The summed E-state index contributed by atoms with van der Waals surface area (Å²) in [7, 11) is 1.59. The van der Waals surface area contributed by atoms with E-state index in [1.54, 1.807) is 31.4 Å². The Morgan fingerprint density at radius 3 is 2.33 bits per heavy atom. The van der Waals surface area contributed by atoms with Gasteiger partial charge in [0.2, 0.25) is 11.7 Å². The minimum absolute atomic E-state index is 0.0512. The third-order valence-electron chi connectivity index (χ3n) is 5.16. The van der Waals surface area contributed by atoms with Crippen LogP contribution in [0.5, 0.6) is 5.75 Å². The molecule has 6 nitrogen and oxygen atoms in total. The van der Waals surface area contributed by atoms with Gasteiger partial charge in [-0.25, -0.2) is 0 Å². The Labute approximate surface area is 170 Å². The number of halogens is 3. The summed E-state index contributed by atoms with van der Waals surface area (Å²) in [6.45, 7) is 0.303. The molecule has 0 radical (unpaired) electrons. The van der Waals surface area contributed by atoms with Gasteiger partial charge in [-0.2, -0.15) is 18.2 Å². The lowest BCUT2D eigenvalue weighted by atomic mass is 9.95. The predicted octanol–water partition coefficient (Wildman–Crippen LogP) is 4.11. The summed E-state index contributed by atoms with van der Waals surface area (Å²) >= 11 is 0. The molecule has 1 saturated carbocycles. The Kier molecular flexibility index (Phi) is 4.97. The summed E-state index contributed by atoms with van der Waals surface area (Å²) in [5.41, 5.74) is 1.64. The zero-order chi connectivity index (χ0) is 21.4.